The van der Waals surface area contributed by atoms with Crippen LogP contribution in [0.1, 0.15) is 13.3 Å². The van der Waals surface area contributed by atoms with Crippen LogP contribution in [0.25, 0.3) is 11.2 Å². The maximum atomic E-state index is 12.6. The second kappa shape index (κ2) is 7.40. The van der Waals surface area contributed by atoms with Crippen LogP contribution in [0.2, 0.25) is 0 Å². The molecule has 0 saturated carbocycles. The predicted octanol–water partition coefficient (Wildman–Crippen LogP) is -1.03. The molecule has 3 heterocycles. The van der Waals surface area contributed by atoms with Gasteiger partial charge in [-0.1, -0.05) is 6.92 Å². The normalized spacial score (nSPS) is 20.3. The van der Waals surface area contributed by atoms with Crippen LogP contribution in [0.4, 0.5) is 0 Å². The summed E-state index contributed by atoms with van der Waals surface area (Å²) in [5.41, 5.74) is -0.430. The number of imidazole rings is 1. The number of aryl methyl sites for hydroxylation is 2. The molecule has 1 aliphatic heterocycles. The quantitative estimate of drug-likeness (QED) is 0.719. The van der Waals surface area contributed by atoms with E-state index in [0.29, 0.717) is 23.6 Å². The summed E-state index contributed by atoms with van der Waals surface area (Å²) in [6.07, 6.45) is 2.46. The summed E-state index contributed by atoms with van der Waals surface area (Å²) in [6, 6.07) is 0.00578. The molecule has 1 fully saturated rings. The van der Waals surface area contributed by atoms with Gasteiger partial charge in [0.15, 0.2) is 11.2 Å². The van der Waals surface area contributed by atoms with E-state index in [1.54, 1.807) is 18.7 Å². The van der Waals surface area contributed by atoms with E-state index < -0.39 is 11.2 Å². The highest BCUT2D eigenvalue weighted by Crippen LogP contribution is 2.11. The fraction of sp³-hybridized carbons (Fsp3) is 0.600. The van der Waals surface area contributed by atoms with Crippen LogP contribution in [0.15, 0.2) is 15.9 Å². The molecule has 1 amide bonds. The Kier molecular flexibility index (Phi) is 5.69. The monoisotopic (exact) mass is 370 g/mol. The van der Waals surface area contributed by atoms with Gasteiger partial charge in [0.2, 0.25) is 5.91 Å². The van der Waals surface area contributed by atoms with Gasteiger partial charge in [0.05, 0.1) is 6.33 Å². The van der Waals surface area contributed by atoms with Crippen molar-refractivity contribution in [2.24, 2.45) is 20.0 Å². The van der Waals surface area contributed by atoms with E-state index in [9.17, 15) is 14.4 Å². The topological polar surface area (TPSA) is 103 Å². The van der Waals surface area contributed by atoms with E-state index in [1.807, 2.05) is 0 Å². The summed E-state index contributed by atoms with van der Waals surface area (Å²) in [5.74, 6) is 0.0191. The Labute approximate surface area is 150 Å². The lowest BCUT2D eigenvalue weighted by atomic mass is 9.95. The zero-order valence-electron chi connectivity index (χ0n) is 14.5. The molecular formula is C15H23ClN6O3. The van der Waals surface area contributed by atoms with Gasteiger partial charge < -0.3 is 15.2 Å². The number of fused-ring (bicyclic) bond motifs is 1. The molecule has 1 aliphatic rings. The minimum absolute atomic E-state index is 0. The maximum absolute atomic E-state index is 12.6. The zero-order valence-corrected chi connectivity index (χ0v) is 15.3. The number of hydrogen-bond donors (Lipinski definition) is 2. The van der Waals surface area contributed by atoms with Gasteiger partial charge in [-0.05, 0) is 18.9 Å². The number of rotatable bonds is 3. The van der Waals surface area contributed by atoms with Gasteiger partial charge in [0, 0.05) is 26.7 Å². The van der Waals surface area contributed by atoms with Crippen molar-refractivity contribution in [3.63, 3.8) is 0 Å². The fourth-order valence-corrected chi connectivity index (χ4v) is 3.11. The van der Waals surface area contributed by atoms with E-state index in [2.05, 4.69) is 22.5 Å². The molecule has 138 valence electrons. The highest BCUT2D eigenvalue weighted by Gasteiger charge is 2.23. The molecule has 2 aromatic rings. The van der Waals surface area contributed by atoms with E-state index in [0.717, 1.165) is 17.5 Å². The van der Waals surface area contributed by atoms with Gasteiger partial charge in [-0.15, -0.1) is 12.4 Å². The lowest BCUT2D eigenvalue weighted by Crippen LogP contribution is -2.52. The van der Waals surface area contributed by atoms with Crippen molar-refractivity contribution in [1.82, 2.24) is 29.3 Å². The largest absolute Gasteiger partial charge is 0.350 e. The Morgan fingerprint density at radius 1 is 1.40 bits per heavy atom. The molecular weight excluding hydrogens is 348 g/mol. The van der Waals surface area contributed by atoms with Crippen molar-refractivity contribution in [1.29, 1.82) is 0 Å². The molecule has 2 atom stereocenters. The molecule has 0 spiro atoms. The first-order valence-electron chi connectivity index (χ1n) is 8.01. The first kappa shape index (κ1) is 19.2. The first-order valence-corrected chi connectivity index (χ1v) is 8.01. The van der Waals surface area contributed by atoms with Crippen LogP contribution < -0.4 is 21.9 Å². The van der Waals surface area contributed by atoms with Crippen LogP contribution in [0, 0.1) is 5.92 Å². The molecule has 3 rings (SSSR count). The van der Waals surface area contributed by atoms with Crippen LogP contribution in [-0.4, -0.2) is 43.7 Å². The number of aromatic nitrogens is 4. The Morgan fingerprint density at radius 2 is 2.12 bits per heavy atom. The summed E-state index contributed by atoms with van der Waals surface area (Å²) in [4.78, 5) is 41.4. The third-order valence-electron chi connectivity index (χ3n) is 4.68. The smallest absolute Gasteiger partial charge is 0.332 e. The van der Waals surface area contributed by atoms with E-state index in [4.69, 9.17) is 0 Å². The minimum Gasteiger partial charge on any atom is -0.350 e. The second-order valence-corrected chi connectivity index (χ2v) is 6.40. The number of nitrogens with one attached hydrogen (secondary N) is 2. The lowest BCUT2D eigenvalue weighted by Gasteiger charge is -2.30. The third kappa shape index (κ3) is 3.47. The number of halogens is 1. The molecule has 0 aliphatic carbocycles. The minimum atomic E-state index is -0.545. The van der Waals surface area contributed by atoms with E-state index >= 15 is 0 Å². The standard InChI is InChI=1S/C15H22N6O3.ClH/c1-9-4-5-16-6-10(9)18-11(22)7-21-14(23)12-13(17-8-19(12)2)20(3)15(21)24;/h8-10,16H,4-7H2,1-3H3,(H,18,22);1H. The summed E-state index contributed by atoms with van der Waals surface area (Å²) in [7, 11) is 3.22. The van der Waals surface area contributed by atoms with Crippen molar-refractivity contribution in [2.45, 2.75) is 25.9 Å². The van der Waals surface area contributed by atoms with Crippen molar-refractivity contribution in [3.8, 4) is 0 Å². The second-order valence-electron chi connectivity index (χ2n) is 6.40. The number of piperidine rings is 1. The van der Waals surface area contributed by atoms with Crippen molar-refractivity contribution in [3.05, 3.63) is 27.2 Å². The molecule has 10 heteroatoms. The van der Waals surface area contributed by atoms with Gasteiger partial charge >= 0.3 is 5.69 Å². The lowest BCUT2D eigenvalue weighted by molar-refractivity contribution is -0.122. The summed E-state index contributed by atoms with van der Waals surface area (Å²) in [5, 5.41) is 6.15. The van der Waals surface area contributed by atoms with Gasteiger partial charge in [-0.25, -0.2) is 14.3 Å². The van der Waals surface area contributed by atoms with Gasteiger partial charge in [-0.3, -0.25) is 14.2 Å². The number of carbonyl (C=O) groups excluding carboxylic acids is 1. The Balaban J connectivity index is 0.00000225. The predicted molar refractivity (Wildman–Crippen MR) is 96.0 cm³/mol. The molecule has 1 saturated heterocycles. The SMILES string of the molecule is CC1CCNCC1NC(=O)Cn1c(=O)c2c(ncn2C)n(C)c1=O.Cl. The molecule has 2 unspecified atom stereocenters. The van der Waals surface area contributed by atoms with Crippen molar-refractivity contribution >= 4 is 29.5 Å². The zero-order chi connectivity index (χ0) is 17.4. The summed E-state index contributed by atoms with van der Waals surface area (Å²) >= 11 is 0. The Bertz CT molecular complexity index is 899. The fourth-order valence-electron chi connectivity index (χ4n) is 3.11. The van der Waals surface area contributed by atoms with Gasteiger partial charge in [0.25, 0.3) is 5.56 Å². The van der Waals surface area contributed by atoms with Gasteiger partial charge in [-0.2, -0.15) is 0 Å². The van der Waals surface area contributed by atoms with E-state index in [-0.39, 0.29) is 30.9 Å². The number of hydrogen-bond acceptors (Lipinski definition) is 5. The average Bonchev–Trinajstić information content (AvgIpc) is 2.94. The number of amides is 1. The maximum Gasteiger partial charge on any atom is 0.332 e. The molecule has 0 radical (unpaired) electrons. The van der Waals surface area contributed by atoms with Crippen LogP contribution in [-0.2, 0) is 25.4 Å². The van der Waals surface area contributed by atoms with Gasteiger partial charge in [0.1, 0.15) is 6.54 Å². The Hall–Kier alpha value is -2.13. The van der Waals surface area contributed by atoms with Crippen molar-refractivity contribution < 1.29 is 4.79 Å². The number of carbonyl (C=O) groups is 1. The molecule has 9 nitrogen and oxygen atoms in total. The highest BCUT2D eigenvalue weighted by molar-refractivity contribution is 5.85. The Morgan fingerprint density at radius 3 is 2.80 bits per heavy atom. The average molecular weight is 371 g/mol. The first-order chi connectivity index (χ1) is 11.4. The van der Waals surface area contributed by atoms with Crippen LogP contribution in [0.3, 0.4) is 0 Å². The number of nitrogens with zero attached hydrogens (tertiary/aromatic N) is 4. The molecule has 2 aromatic heterocycles. The molecule has 2 N–H and O–H groups in total. The molecule has 0 aromatic carbocycles. The molecule has 0 bridgehead atoms. The highest BCUT2D eigenvalue weighted by atomic mass is 35.5. The van der Waals surface area contributed by atoms with Crippen molar-refractivity contribution in [2.75, 3.05) is 13.1 Å². The van der Waals surface area contributed by atoms with Crippen LogP contribution in [0.5, 0.6) is 0 Å². The molecule has 25 heavy (non-hydrogen) atoms. The van der Waals surface area contributed by atoms with Crippen LogP contribution >= 0.6 is 12.4 Å². The summed E-state index contributed by atoms with van der Waals surface area (Å²) in [6.45, 7) is 3.42. The van der Waals surface area contributed by atoms with E-state index in [1.165, 1.54) is 10.9 Å². The summed E-state index contributed by atoms with van der Waals surface area (Å²) < 4.78 is 3.80. The third-order valence-corrected chi connectivity index (χ3v) is 4.68.